The fraction of sp³-hybridized carbons (Fsp3) is 0.520. The lowest BCUT2D eigenvalue weighted by Crippen LogP contribution is -2.21. The lowest BCUT2D eigenvalue weighted by Gasteiger charge is -2.18. The largest absolute Gasteiger partial charge is 0.392 e. The number of allylic oxidation sites excluding steroid dienone is 3. The lowest BCUT2D eigenvalue weighted by molar-refractivity contribution is -0.128. The highest BCUT2D eigenvalue weighted by atomic mass is 16.3. The van der Waals surface area contributed by atoms with Gasteiger partial charge in [0.1, 0.15) is 0 Å². The number of unbranched alkanes of at least 4 members (excludes halogenated alkanes) is 1. The first-order valence-electron chi connectivity index (χ1n) is 10.7. The van der Waals surface area contributed by atoms with E-state index in [0.717, 1.165) is 43.2 Å². The molecule has 0 aliphatic heterocycles. The molecule has 3 rings (SSSR count). The summed E-state index contributed by atoms with van der Waals surface area (Å²) in [7, 11) is 3.59. The predicted octanol–water partition coefficient (Wildman–Crippen LogP) is 4.33. The van der Waals surface area contributed by atoms with E-state index in [0.29, 0.717) is 18.3 Å². The fourth-order valence-electron chi connectivity index (χ4n) is 4.78. The molecule has 1 aromatic rings. The topological polar surface area (TPSA) is 57.6 Å². The average molecular weight is 396 g/mol. The summed E-state index contributed by atoms with van der Waals surface area (Å²) in [5.74, 6) is 1.04. The van der Waals surface area contributed by atoms with E-state index in [9.17, 15) is 14.7 Å². The van der Waals surface area contributed by atoms with Crippen LogP contribution in [-0.2, 0) is 4.79 Å². The number of aliphatic hydroxyl groups is 1. The average Bonchev–Trinajstić information content (AvgIpc) is 3.19. The summed E-state index contributed by atoms with van der Waals surface area (Å²) in [6.45, 7) is 1.95. The van der Waals surface area contributed by atoms with Crippen LogP contribution in [0.15, 0.2) is 48.1 Å². The van der Waals surface area contributed by atoms with Crippen molar-refractivity contribution in [3.05, 3.63) is 59.2 Å². The first-order valence-corrected chi connectivity index (χ1v) is 10.7. The van der Waals surface area contributed by atoms with Crippen molar-refractivity contribution in [1.29, 1.82) is 0 Å². The second kappa shape index (κ2) is 9.53. The van der Waals surface area contributed by atoms with Gasteiger partial charge in [-0.15, -0.1) is 0 Å². The molecule has 156 valence electrons. The molecule has 0 radical (unpaired) electrons. The lowest BCUT2D eigenvalue weighted by atomic mass is 9.88. The number of ketones is 1. The summed E-state index contributed by atoms with van der Waals surface area (Å²) < 4.78 is 0. The summed E-state index contributed by atoms with van der Waals surface area (Å²) in [6.07, 6.45) is 10.9. The van der Waals surface area contributed by atoms with Gasteiger partial charge in [0.05, 0.1) is 6.10 Å². The highest BCUT2D eigenvalue weighted by Crippen LogP contribution is 2.48. The second-order valence-corrected chi connectivity index (χ2v) is 8.77. The standard InChI is InChI=1S/C25H33NO3/c1-17-8-4-6-10-20(17)23(27)13-12-21-22-15-18(14-19(22)16-24(21)28)9-5-7-11-25(29)26(2)3/h4,6,8,10,12-14,19,21-22,24,28H,5,7,9,11,15-16H2,1-3H3/b13-12+/t19-,21+,22-,24+/m0/s1. The third-order valence-corrected chi connectivity index (χ3v) is 6.47. The number of benzene rings is 1. The third kappa shape index (κ3) is 5.24. The van der Waals surface area contributed by atoms with Crippen LogP contribution in [0, 0.1) is 24.7 Å². The monoisotopic (exact) mass is 395 g/mol. The van der Waals surface area contributed by atoms with E-state index in [2.05, 4.69) is 6.08 Å². The molecule has 1 fully saturated rings. The number of amides is 1. The smallest absolute Gasteiger partial charge is 0.222 e. The van der Waals surface area contributed by atoms with Crippen molar-refractivity contribution in [2.45, 2.75) is 51.6 Å². The first kappa shape index (κ1) is 21.5. The highest BCUT2D eigenvalue weighted by molar-refractivity contribution is 6.05. The molecule has 4 nitrogen and oxygen atoms in total. The molecule has 29 heavy (non-hydrogen) atoms. The van der Waals surface area contributed by atoms with Crippen molar-refractivity contribution < 1.29 is 14.7 Å². The number of hydrogen-bond acceptors (Lipinski definition) is 3. The Morgan fingerprint density at radius 2 is 1.97 bits per heavy atom. The van der Waals surface area contributed by atoms with Crippen molar-refractivity contribution in [2.24, 2.45) is 17.8 Å². The van der Waals surface area contributed by atoms with Crippen molar-refractivity contribution in [3.63, 3.8) is 0 Å². The molecule has 1 saturated carbocycles. The molecule has 0 heterocycles. The van der Waals surface area contributed by atoms with Gasteiger partial charge in [-0.25, -0.2) is 0 Å². The highest BCUT2D eigenvalue weighted by Gasteiger charge is 2.43. The Morgan fingerprint density at radius 1 is 1.21 bits per heavy atom. The van der Waals surface area contributed by atoms with Crippen LogP contribution < -0.4 is 0 Å². The molecular weight excluding hydrogens is 362 g/mol. The third-order valence-electron chi connectivity index (χ3n) is 6.47. The van der Waals surface area contributed by atoms with Gasteiger partial charge in [0.2, 0.25) is 5.91 Å². The molecule has 0 bridgehead atoms. The number of carbonyl (C=O) groups excluding carboxylic acids is 2. The number of fused-ring (bicyclic) bond motifs is 1. The Balaban J connectivity index is 1.53. The number of hydrogen-bond donors (Lipinski definition) is 1. The van der Waals surface area contributed by atoms with E-state index in [1.54, 1.807) is 25.1 Å². The summed E-state index contributed by atoms with van der Waals surface area (Å²) >= 11 is 0. The Hall–Kier alpha value is -2.20. The summed E-state index contributed by atoms with van der Waals surface area (Å²) in [4.78, 5) is 25.9. The molecule has 1 N–H and O–H groups in total. The van der Waals surface area contributed by atoms with E-state index in [1.807, 2.05) is 37.3 Å². The Kier molecular flexibility index (Phi) is 7.07. The molecule has 0 saturated heterocycles. The van der Waals surface area contributed by atoms with Gasteiger partial charge in [0.25, 0.3) is 0 Å². The van der Waals surface area contributed by atoms with Crippen molar-refractivity contribution >= 4 is 11.7 Å². The fourth-order valence-corrected chi connectivity index (χ4v) is 4.78. The van der Waals surface area contributed by atoms with Gasteiger partial charge >= 0.3 is 0 Å². The zero-order valence-corrected chi connectivity index (χ0v) is 17.8. The normalized spacial score (nSPS) is 25.9. The molecule has 1 amide bonds. The maximum Gasteiger partial charge on any atom is 0.222 e. The van der Waals surface area contributed by atoms with Gasteiger partial charge in [-0.2, -0.15) is 0 Å². The minimum atomic E-state index is -0.374. The maximum atomic E-state index is 12.6. The number of aryl methyl sites for hydroxylation is 1. The summed E-state index contributed by atoms with van der Waals surface area (Å²) in [5.41, 5.74) is 3.16. The predicted molar refractivity (Wildman–Crippen MR) is 116 cm³/mol. The first-order chi connectivity index (χ1) is 13.9. The van der Waals surface area contributed by atoms with Crippen molar-refractivity contribution in [2.75, 3.05) is 14.1 Å². The molecule has 4 atom stereocenters. The second-order valence-electron chi connectivity index (χ2n) is 8.77. The van der Waals surface area contributed by atoms with Crippen molar-refractivity contribution in [1.82, 2.24) is 4.90 Å². The minimum Gasteiger partial charge on any atom is -0.392 e. The van der Waals surface area contributed by atoms with Gasteiger partial charge in [-0.05, 0) is 62.5 Å². The zero-order chi connectivity index (χ0) is 21.0. The van der Waals surface area contributed by atoms with E-state index in [4.69, 9.17) is 0 Å². The number of nitrogens with zero attached hydrogens (tertiary/aromatic N) is 1. The number of rotatable bonds is 8. The Bertz CT molecular complexity index is 808. The summed E-state index contributed by atoms with van der Waals surface area (Å²) in [6, 6.07) is 7.62. The van der Waals surface area contributed by atoms with E-state index < -0.39 is 0 Å². The number of carbonyl (C=O) groups is 2. The molecule has 2 aliphatic carbocycles. The quantitative estimate of drug-likeness (QED) is 0.309. The Labute approximate surface area is 174 Å². The van der Waals surface area contributed by atoms with Gasteiger partial charge in [-0.3, -0.25) is 9.59 Å². The van der Waals surface area contributed by atoms with E-state index >= 15 is 0 Å². The van der Waals surface area contributed by atoms with Crippen LogP contribution in [0.3, 0.4) is 0 Å². The van der Waals surface area contributed by atoms with Gasteiger partial charge in [0.15, 0.2) is 5.78 Å². The zero-order valence-electron chi connectivity index (χ0n) is 17.8. The van der Waals surface area contributed by atoms with Crippen LogP contribution in [0.5, 0.6) is 0 Å². The molecule has 2 aliphatic rings. The van der Waals surface area contributed by atoms with Gasteiger partial charge < -0.3 is 10.0 Å². The molecule has 0 aromatic heterocycles. The molecule has 0 unspecified atom stereocenters. The molecule has 4 heteroatoms. The maximum absolute atomic E-state index is 12.6. The molecular formula is C25H33NO3. The molecule has 1 aromatic carbocycles. The SMILES string of the molecule is Cc1ccccc1C(=O)/C=C/[C@@H]1[C@H]2CC(CCCCC(=O)N(C)C)=C[C@H]2C[C@H]1O. The van der Waals surface area contributed by atoms with Gasteiger partial charge in [0, 0.05) is 32.0 Å². The van der Waals surface area contributed by atoms with Gasteiger partial charge in [-0.1, -0.05) is 42.0 Å². The van der Waals surface area contributed by atoms with Crippen molar-refractivity contribution in [3.8, 4) is 0 Å². The summed E-state index contributed by atoms with van der Waals surface area (Å²) in [5, 5.41) is 10.5. The van der Waals surface area contributed by atoms with Crippen LogP contribution >= 0.6 is 0 Å². The van der Waals surface area contributed by atoms with E-state index in [-0.39, 0.29) is 23.7 Å². The Morgan fingerprint density at radius 3 is 2.69 bits per heavy atom. The van der Waals surface area contributed by atoms with Crippen LogP contribution in [-0.4, -0.2) is 41.9 Å². The van der Waals surface area contributed by atoms with Crippen LogP contribution in [0.4, 0.5) is 0 Å². The van der Waals surface area contributed by atoms with Crippen LogP contribution in [0.25, 0.3) is 0 Å². The molecule has 0 spiro atoms. The van der Waals surface area contributed by atoms with Crippen LogP contribution in [0.2, 0.25) is 0 Å². The van der Waals surface area contributed by atoms with Crippen LogP contribution in [0.1, 0.15) is 54.4 Å². The number of aliphatic hydroxyl groups excluding tert-OH is 1. The van der Waals surface area contributed by atoms with E-state index in [1.165, 1.54) is 5.57 Å². The minimum absolute atomic E-state index is 0.00971.